The summed E-state index contributed by atoms with van der Waals surface area (Å²) < 4.78 is 7.30. The molecular formula is C18H23N5O3. The summed E-state index contributed by atoms with van der Waals surface area (Å²) in [5.74, 6) is 0.928. The summed E-state index contributed by atoms with van der Waals surface area (Å²) in [7, 11) is 5.42. The fourth-order valence-corrected chi connectivity index (χ4v) is 2.93. The number of amides is 1. The highest BCUT2D eigenvalue weighted by Crippen LogP contribution is 2.18. The first kappa shape index (κ1) is 17.9. The van der Waals surface area contributed by atoms with Gasteiger partial charge in [0.15, 0.2) is 5.82 Å². The molecule has 1 saturated heterocycles. The fourth-order valence-electron chi connectivity index (χ4n) is 2.93. The number of pyridine rings is 1. The Kier molecular flexibility index (Phi) is 5.20. The largest absolute Gasteiger partial charge is 0.471 e. The number of likely N-dealkylation sites (tertiary alicyclic amines) is 1. The number of piperidine rings is 1. The van der Waals surface area contributed by atoms with E-state index in [1.807, 2.05) is 25.1 Å². The zero-order chi connectivity index (χ0) is 18.7. The van der Waals surface area contributed by atoms with Gasteiger partial charge in [0.25, 0.3) is 11.5 Å². The number of rotatable bonds is 4. The molecule has 1 fully saturated rings. The minimum Gasteiger partial charge on any atom is -0.471 e. The van der Waals surface area contributed by atoms with Crippen LogP contribution >= 0.6 is 0 Å². The Bertz CT molecular complexity index is 831. The van der Waals surface area contributed by atoms with E-state index >= 15 is 0 Å². The summed E-state index contributed by atoms with van der Waals surface area (Å²) in [5.41, 5.74) is -0.100. The van der Waals surface area contributed by atoms with Crippen LogP contribution in [0.4, 0.5) is 5.82 Å². The first-order valence-electron chi connectivity index (χ1n) is 8.58. The van der Waals surface area contributed by atoms with Crippen molar-refractivity contribution in [3.63, 3.8) is 0 Å². The Morgan fingerprint density at radius 2 is 2.08 bits per heavy atom. The van der Waals surface area contributed by atoms with E-state index in [-0.39, 0.29) is 23.1 Å². The maximum absolute atomic E-state index is 12.7. The summed E-state index contributed by atoms with van der Waals surface area (Å²) in [6.07, 6.45) is 3.11. The molecule has 2 aromatic heterocycles. The smallest absolute Gasteiger partial charge is 0.263 e. The second kappa shape index (κ2) is 7.55. The molecule has 138 valence electrons. The van der Waals surface area contributed by atoms with Crippen molar-refractivity contribution in [3.8, 4) is 5.88 Å². The first-order valence-corrected chi connectivity index (χ1v) is 8.58. The van der Waals surface area contributed by atoms with Gasteiger partial charge in [0, 0.05) is 40.0 Å². The van der Waals surface area contributed by atoms with E-state index in [9.17, 15) is 9.59 Å². The highest BCUT2D eigenvalue weighted by molar-refractivity contribution is 5.93. The van der Waals surface area contributed by atoms with Gasteiger partial charge in [-0.25, -0.2) is 0 Å². The number of aromatic nitrogens is 3. The monoisotopic (exact) mass is 357 g/mol. The molecule has 0 aromatic carbocycles. The molecule has 1 aliphatic rings. The predicted molar refractivity (Wildman–Crippen MR) is 97.6 cm³/mol. The third kappa shape index (κ3) is 3.84. The summed E-state index contributed by atoms with van der Waals surface area (Å²) in [5, 5.41) is 8.17. The molecule has 0 aliphatic carbocycles. The van der Waals surface area contributed by atoms with Crippen molar-refractivity contribution in [2.75, 3.05) is 32.1 Å². The van der Waals surface area contributed by atoms with Crippen molar-refractivity contribution in [2.24, 2.45) is 7.05 Å². The van der Waals surface area contributed by atoms with Crippen LogP contribution in [0.5, 0.6) is 5.88 Å². The van der Waals surface area contributed by atoms with E-state index in [2.05, 4.69) is 10.2 Å². The van der Waals surface area contributed by atoms with Gasteiger partial charge in [-0.05, 0) is 31.0 Å². The maximum atomic E-state index is 12.7. The third-order valence-electron chi connectivity index (χ3n) is 4.39. The van der Waals surface area contributed by atoms with E-state index in [0.29, 0.717) is 19.0 Å². The van der Waals surface area contributed by atoms with Gasteiger partial charge in [-0.1, -0.05) is 0 Å². The lowest BCUT2D eigenvalue weighted by atomic mass is 10.1. The van der Waals surface area contributed by atoms with Crippen LogP contribution in [-0.4, -0.2) is 58.9 Å². The Morgan fingerprint density at radius 1 is 1.27 bits per heavy atom. The van der Waals surface area contributed by atoms with Gasteiger partial charge in [-0.2, -0.15) is 0 Å². The van der Waals surface area contributed by atoms with Gasteiger partial charge >= 0.3 is 0 Å². The molecule has 0 bridgehead atoms. The molecule has 8 heteroatoms. The molecule has 26 heavy (non-hydrogen) atoms. The van der Waals surface area contributed by atoms with Crippen LogP contribution in [0.3, 0.4) is 0 Å². The summed E-state index contributed by atoms with van der Waals surface area (Å²) >= 11 is 0. The van der Waals surface area contributed by atoms with E-state index in [4.69, 9.17) is 4.74 Å². The van der Waals surface area contributed by atoms with Gasteiger partial charge < -0.3 is 19.1 Å². The molecule has 2 aromatic rings. The SMILES string of the molecule is CN(C)c1ccc(OC2CCCN(C(=O)c3cccn(C)c3=O)C2)nn1. The van der Waals surface area contributed by atoms with E-state index in [1.165, 1.54) is 4.57 Å². The van der Waals surface area contributed by atoms with Crippen molar-refractivity contribution < 1.29 is 9.53 Å². The Hall–Kier alpha value is -2.90. The molecule has 3 rings (SSSR count). The topological polar surface area (TPSA) is 80.6 Å². The van der Waals surface area contributed by atoms with Crippen LogP contribution in [0.2, 0.25) is 0 Å². The number of aryl methyl sites for hydroxylation is 1. The third-order valence-corrected chi connectivity index (χ3v) is 4.39. The normalized spacial score (nSPS) is 17.0. The minimum absolute atomic E-state index is 0.167. The van der Waals surface area contributed by atoms with Crippen LogP contribution < -0.4 is 15.2 Å². The molecule has 0 N–H and O–H groups in total. The summed E-state index contributed by atoms with van der Waals surface area (Å²) in [6.45, 7) is 1.04. The van der Waals surface area contributed by atoms with E-state index in [1.54, 1.807) is 36.3 Å². The molecule has 0 radical (unpaired) electrons. The second-order valence-electron chi connectivity index (χ2n) is 6.60. The van der Waals surface area contributed by atoms with Crippen molar-refractivity contribution in [1.29, 1.82) is 0 Å². The molecule has 1 aliphatic heterocycles. The lowest BCUT2D eigenvalue weighted by Crippen LogP contribution is -2.46. The minimum atomic E-state index is -0.286. The van der Waals surface area contributed by atoms with Crippen molar-refractivity contribution in [1.82, 2.24) is 19.7 Å². The molecule has 1 atom stereocenters. The maximum Gasteiger partial charge on any atom is 0.263 e. The molecule has 0 saturated carbocycles. The number of carbonyl (C=O) groups is 1. The van der Waals surface area contributed by atoms with Gasteiger partial charge in [0.2, 0.25) is 5.88 Å². The Morgan fingerprint density at radius 3 is 2.77 bits per heavy atom. The molecule has 1 unspecified atom stereocenters. The zero-order valence-corrected chi connectivity index (χ0v) is 15.3. The molecule has 0 spiro atoms. The van der Waals surface area contributed by atoms with Crippen LogP contribution in [0.15, 0.2) is 35.3 Å². The number of carbonyl (C=O) groups excluding carboxylic acids is 1. The zero-order valence-electron chi connectivity index (χ0n) is 15.3. The van der Waals surface area contributed by atoms with Crippen LogP contribution in [0.25, 0.3) is 0 Å². The van der Waals surface area contributed by atoms with Gasteiger partial charge in [-0.15, -0.1) is 10.2 Å². The highest BCUT2D eigenvalue weighted by atomic mass is 16.5. The molecule has 1 amide bonds. The lowest BCUT2D eigenvalue weighted by Gasteiger charge is -2.32. The van der Waals surface area contributed by atoms with E-state index in [0.717, 1.165) is 18.7 Å². The van der Waals surface area contributed by atoms with Crippen LogP contribution in [0, 0.1) is 0 Å². The highest BCUT2D eigenvalue weighted by Gasteiger charge is 2.27. The van der Waals surface area contributed by atoms with Crippen molar-refractivity contribution in [2.45, 2.75) is 18.9 Å². The van der Waals surface area contributed by atoms with Gasteiger partial charge in [0.1, 0.15) is 11.7 Å². The average Bonchev–Trinajstić information content (AvgIpc) is 2.64. The summed E-state index contributed by atoms with van der Waals surface area (Å²) in [4.78, 5) is 28.4. The van der Waals surface area contributed by atoms with Gasteiger partial charge in [0.05, 0.1) is 6.54 Å². The van der Waals surface area contributed by atoms with Crippen LogP contribution in [-0.2, 0) is 7.05 Å². The van der Waals surface area contributed by atoms with Crippen molar-refractivity contribution in [3.05, 3.63) is 46.4 Å². The van der Waals surface area contributed by atoms with Gasteiger partial charge in [-0.3, -0.25) is 9.59 Å². The first-order chi connectivity index (χ1) is 12.5. The average molecular weight is 357 g/mol. The fraction of sp³-hybridized carbons (Fsp3) is 0.444. The Balaban J connectivity index is 1.68. The number of nitrogens with zero attached hydrogens (tertiary/aromatic N) is 5. The molecule has 8 nitrogen and oxygen atoms in total. The van der Waals surface area contributed by atoms with E-state index < -0.39 is 0 Å². The number of hydrogen-bond acceptors (Lipinski definition) is 6. The Labute approximate surface area is 152 Å². The quantitative estimate of drug-likeness (QED) is 0.810. The standard InChI is InChI=1S/C18H23N5O3/c1-21(2)15-8-9-16(20-19-15)26-13-6-4-11-23(12-13)18(25)14-7-5-10-22(3)17(14)24/h5,7-10,13H,4,6,11-12H2,1-3H3. The summed E-state index contributed by atoms with van der Waals surface area (Å²) in [6, 6.07) is 6.88. The number of anilines is 1. The number of hydrogen-bond donors (Lipinski definition) is 0. The lowest BCUT2D eigenvalue weighted by molar-refractivity contribution is 0.0523. The number of ether oxygens (including phenoxy) is 1. The van der Waals surface area contributed by atoms with Crippen LogP contribution in [0.1, 0.15) is 23.2 Å². The van der Waals surface area contributed by atoms with Crippen molar-refractivity contribution >= 4 is 11.7 Å². The predicted octanol–water partition coefficient (Wildman–Crippen LogP) is 0.925. The second-order valence-corrected chi connectivity index (χ2v) is 6.60. The molecular weight excluding hydrogens is 334 g/mol. The molecule has 3 heterocycles.